The Bertz CT molecular complexity index is 627. The summed E-state index contributed by atoms with van der Waals surface area (Å²) >= 11 is 0. The molecule has 27 heavy (non-hydrogen) atoms. The van der Waals surface area contributed by atoms with Crippen molar-refractivity contribution >= 4 is 5.69 Å². The second kappa shape index (κ2) is 9.96. The van der Waals surface area contributed by atoms with Gasteiger partial charge in [-0.15, -0.1) is 0 Å². The molecule has 1 saturated heterocycles. The normalized spacial score (nSPS) is 18.7. The Hall–Kier alpha value is -1.77. The van der Waals surface area contributed by atoms with Crippen LogP contribution in [0.2, 0.25) is 0 Å². The van der Waals surface area contributed by atoms with Gasteiger partial charge in [0, 0.05) is 31.1 Å². The van der Waals surface area contributed by atoms with Crippen LogP contribution in [0.15, 0.2) is 30.1 Å². The third kappa shape index (κ3) is 7.40. The summed E-state index contributed by atoms with van der Waals surface area (Å²) in [5.41, 5.74) is 6.09. The number of ether oxygens (including phenoxy) is 2. The molecule has 4 N–H and O–H groups in total. The highest BCUT2D eigenvalue weighted by atomic mass is 19.4. The maximum atomic E-state index is 13.3. The summed E-state index contributed by atoms with van der Waals surface area (Å²) < 4.78 is 51.0. The van der Waals surface area contributed by atoms with Gasteiger partial charge >= 0.3 is 6.18 Å². The van der Waals surface area contributed by atoms with E-state index >= 15 is 0 Å². The third-order valence-electron chi connectivity index (χ3n) is 4.11. The van der Waals surface area contributed by atoms with Gasteiger partial charge in [-0.1, -0.05) is 19.9 Å². The number of anilines is 1. The van der Waals surface area contributed by atoms with Crippen molar-refractivity contribution in [3.8, 4) is 0 Å². The maximum absolute atomic E-state index is 13.3. The van der Waals surface area contributed by atoms with Crippen molar-refractivity contribution in [3.63, 3.8) is 0 Å². The number of hydrogen-bond donors (Lipinski definition) is 3. The largest absolute Gasteiger partial charge is 0.416 e. The molecule has 1 heterocycles. The van der Waals surface area contributed by atoms with Gasteiger partial charge in [-0.2, -0.15) is 13.2 Å². The van der Waals surface area contributed by atoms with E-state index in [4.69, 9.17) is 15.2 Å². The Kier molecular flexibility index (Phi) is 7.94. The lowest BCUT2D eigenvalue weighted by Gasteiger charge is -2.22. The summed E-state index contributed by atoms with van der Waals surface area (Å²) in [6, 6.07) is 4.25. The highest BCUT2D eigenvalue weighted by Gasteiger charge is 2.33. The van der Waals surface area contributed by atoms with Gasteiger partial charge in [-0.25, -0.2) is 0 Å². The second-order valence-electron chi connectivity index (χ2n) is 6.88. The molecule has 0 amide bonds. The van der Waals surface area contributed by atoms with E-state index in [0.29, 0.717) is 18.0 Å². The zero-order valence-electron chi connectivity index (χ0n) is 15.7. The average Bonchev–Trinajstić information content (AvgIpc) is 2.63. The van der Waals surface area contributed by atoms with Gasteiger partial charge in [-0.05, 0) is 37.0 Å². The molecule has 1 aromatic carbocycles. The molecule has 0 spiro atoms. The van der Waals surface area contributed by atoms with E-state index in [1.807, 2.05) is 13.8 Å². The second-order valence-corrected chi connectivity index (χ2v) is 6.88. The molecule has 2 rings (SSSR count). The SMILES string of the molecule is CC(C)NCc1ccc(N/C=C(\N)COC2CCCCO2)cc1C(F)(F)F. The zero-order valence-corrected chi connectivity index (χ0v) is 15.7. The van der Waals surface area contributed by atoms with Crippen molar-refractivity contribution in [3.05, 3.63) is 41.2 Å². The molecule has 1 unspecified atom stereocenters. The minimum Gasteiger partial charge on any atom is -0.399 e. The molecule has 1 fully saturated rings. The Balaban J connectivity index is 1.98. The van der Waals surface area contributed by atoms with Crippen molar-refractivity contribution < 1.29 is 22.6 Å². The van der Waals surface area contributed by atoms with Gasteiger partial charge in [0.25, 0.3) is 0 Å². The van der Waals surface area contributed by atoms with E-state index < -0.39 is 11.7 Å². The molecular weight excluding hydrogens is 359 g/mol. The number of nitrogens with two attached hydrogens (primary N) is 1. The number of alkyl halides is 3. The Morgan fingerprint density at radius 3 is 2.78 bits per heavy atom. The minimum absolute atomic E-state index is 0.0970. The number of nitrogens with one attached hydrogen (secondary N) is 2. The molecule has 8 heteroatoms. The molecule has 1 aromatic rings. The van der Waals surface area contributed by atoms with Gasteiger partial charge < -0.3 is 25.8 Å². The fourth-order valence-corrected chi connectivity index (χ4v) is 2.65. The first kappa shape index (κ1) is 21.5. The van der Waals surface area contributed by atoms with E-state index in [0.717, 1.165) is 25.3 Å². The van der Waals surface area contributed by atoms with Crippen LogP contribution in [0.3, 0.4) is 0 Å². The summed E-state index contributed by atoms with van der Waals surface area (Å²) in [5, 5.41) is 5.82. The van der Waals surface area contributed by atoms with Crippen molar-refractivity contribution in [2.45, 2.75) is 58.2 Å². The number of rotatable bonds is 8. The summed E-state index contributed by atoms with van der Waals surface area (Å²) in [5.74, 6) is 0. The van der Waals surface area contributed by atoms with Crippen LogP contribution in [0.4, 0.5) is 18.9 Å². The van der Waals surface area contributed by atoms with Gasteiger partial charge in [0.05, 0.1) is 17.9 Å². The van der Waals surface area contributed by atoms with Crippen LogP contribution >= 0.6 is 0 Å². The molecule has 0 bridgehead atoms. The Labute approximate surface area is 158 Å². The smallest absolute Gasteiger partial charge is 0.399 e. The first-order chi connectivity index (χ1) is 12.8. The lowest BCUT2D eigenvalue weighted by Crippen LogP contribution is -2.24. The number of benzene rings is 1. The fourth-order valence-electron chi connectivity index (χ4n) is 2.65. The van der Waals surface area contributed by atoms with Gasteiger partial charge in [0.2, 0.25) is 0 Å². The quantitative estimate of drug-likeness (QED) is 0.630. The van der Waals surface area contributed by atoms with E-state index in [1.165, 1.54) is 12.3 Å². The fraction of sp³-hybridized carbons (Fsp3) is 0.579. The van der Waals surface area contributed by atoms with E-state index in [1.54, 1.807) is 6.07 Å². The lowest BCUT2D eigenvalue weighted by molar-refractivity contribution is -0.157. The van der Waals surface area contributed by atoms with Crippen LogP contribution in [-0.2, 0) is 22.2 Å². The van der Waals surface area contributed by atoms with Crippen LogP contribution in [0.1, 0.15) is 44.2 Å². The average molecular weight is 387 g/mol. The van der Waals surface area contributed by atoms with Crippen LogP contribution in [0.5, 0.6) is 0 Å². The lowest BCUT2D eigenvalue weighted by atomic mass is 10.1. The maximum Gasteiger partial charge on any atom is 0.416 e. The van der Waals surface area contributed by atoms with E-state index in [2.05, 4.69) is 10.6 Å². The van der Waals surface area contributed by atoms with Crippen LogP contribution < -0.4 is 16.4 Å². The predicted molar refractivity (Wildman–Crippen MR) is 98.9 cm³/mol. The molecule has 0 aromatic heterocycles. The van der Waals surface area contributed by atoms with Crippen molar-refractivity contribution in [2.24, 2.45) is 5.73 Å². The minimum atomic E-state index is -4.43. The molecular formula is C19H28F3N3O2. The topological polar surface area (TPSA) is 68.5 Å². The van der Waals surface area contributed by atoms with Gasteiger partial charge in [0.15, 0.2) is 6.29 Å². The summed E-state index contributed by atoms with van der Waals surface area (Å²) in [7, 11) is 0. The van der Waals surface area contributed by atoms with Crippen LogP contribution in [0.25, 0.3) is 0 Å². The highest BCUT2D eigenvalue weighted by Crippen LogP contribution is 2.34. The molecule has 1 atom stereocenters. The predicted octanol–water partition coefficient (Wildman–Crippen LogP) is 3.96. The van der Waals surface area contributed by atoms with Gasteiger partial charge in [-0.3, -0.25) is 0 Å². The van der Waals surface area contributed by atoms with Crippen LogP contribution in [0, 0.1) is 0 Å². The molecule has 5 nitrogen and oxygen atoms in total. The monoisotopic (exact) mass is 387 g/mol. The Morgan fingerprint density at radius 2 is 2.15 bits per heavy atom. The standard InChI is InChI=1S/C19H28F3N3O2/c1-13(2)24-10-14-6-7-16(9-17(14)19(20,21)22)25-11-15(23)12-27-18-5-3-4-8-26-18/h6-7,9,11,13,18,24-25H,3-5,8,10,12,23H2,1-2H3/b15-11-. The number of hydrogen-bond acceptors (Lipinski definition) is 5. The zero-order chi connectivity index (χ0) is 19.9. The Morgan fingerprint density at radius 1 is 1.37 bits per heavy atom. The molecule has 0 radical (unpaired) electrons. The summed E-state index contributed by atoms with van der Waals surface area (Å²) in [4.78, 5) is 0. The van der Waals surface area contributed by atoms with Crippen molar-refractivity contribution in [2.75, 3.05) is 18.5 Å². The van der Waals surface area contributed by atoms with Crippen molar-refractivity contribution in [1.82, 2.24) is 5.32 Å². The molecule has 0 saturated carbocycles. The summed E-state index contributed by atoms with van der Waals surface area (Å²) in [6.07, 6.45) is -0.356. The molecule has 1 aliphatic rings. The van der Waals surface area contributed by atoms with Crippen molar-refractivity contribution in [1.29, 1.82) is 0 Å². The third-order valence-corrected chi connectivity index (χ3v) is 4.11. The number of halogens is 3. The first-order valence-corrected chi connectivity index (χ1v) is 9.13. The van der Waals surface area contributed by atoms with Crippen LogP contribution in [-0.4, -0.2) is 25.5 Å². The highest BCUT2D eigenvalue weighted by molar-refractivity contribution is 5.51. The van der Waals surface area contributed by atoms with E-state index in [-0.39, 0.29) is 31.0 Å². The first-order valence-electron chi connectivity index (χ1n) is 9.13. The van der Waals surface area contributed by atoms with Gasteiger partial charge in [0.1, 0.15) is 0 Å². The van der Waals surface area contributed by atoms with E-state index in [9.17, 15) is 13.2 Å². The molecule has 1 aliphatic heterocycles. The molecule has 0 aliphatic carbocycles. The molecule has 152 valence electrons. The summed E-state index contributed by atoms with van der Waals surface area (Å²) in [6.45, 7) is 4.75.